The van der Waals surface area contributed by atoms with Gasteiger partial charge < -0.3 is 15.1 Å². The molecule has 1 aliphatic rings. The van der Waals surface area contributed by atoms with Gasteiger partial charge in [0.2, 0.25) is 0 Å². The number of hydrogen-bond acceptors (Lipinski definition) is 5. The maximum atomic E-state index is 13.6. The van der Waals surface area contributed by atoms with Crippen molar-refractivity contribution in [3.8, 4) is 0 Å². The second-order valence-electron chi connectivity index (χ2n) is 5.62. The van der Waals surface area contributed by atoms with Gasteiger partial charge in [-0.15, -0.1) is 10.2 Å². The normalized spacial score (nSPS) is 15.4. The number of anilines is 2. The van der Waals surface area contributed by atoms with E-state index >= 15 is 0 Å². The van der Waals surface area contributed by atoms with Crippen LogP contribution in [-0.4, -0.2) is 59.1 Å². The summed E-state index contributed by atoms with van der Waals surface area (Å²) in [7, 11) is 2.00. The highest BCUT2D eigenvalue weighted by Crippen LogP contribution is 2.21. The van der Waals surface area contributed by atoms with E-state index in [4.69, 9.17) is 0 Å². The molecule has 24 heavy (non-hydrogen) atoms. The third kappa shape index (κ3) is 3.48. The molecule has 0 atom stereocenters. The van der Waals surface area contributed by atoms with Crippen LogP contribution in [-0.2, 0) is 0 Å². The van der Waals surface area contributed by atoms with Gasteiger partial charge in [-0.25, -0.2) is 8.78 Å². The van der Waals surface area contributed by atoms with Gasteiger partial charge in [0.15, 0.2) is 11.5 Å². The minimum absolute atomic E-state index is 0.161. The fourth-order valence-electron chi connectivity index (χ4n) is 2.43. The summed E-state index contributed by atoms with van der Waals surface area (Å²) in [5.41, 5.74) is -0.0935. The highest BCUT2D eigenvalue weighted by Gasteiger charge is 2.21. The Morgan fingerprint density at radius 2 is 1.71 bits per heavy atom. The molecule has 0 saturated carbocycles. The minimum atomic E-state index is -0.727. The molecule has 6 nitrogen and oxygen atoms in total. The number of nitrogens with one attached hydrogen (secondary N) is 1. The highest BCUT2D eigenvalue weighted by molar-refractivity contribution is 5.92. The van der Waals surface area contributed by atoms with Crippen molar-refractivity contribution in [3.05, 3.63) is 47.7 Å². The first-order valence-electron chi connectivity index (χ1n) is 7.57. The van der Waals surface area contributed by atoms with Gasteiger partial charge in [-0.1, -0.05) is 6.07 Å². The van der Waals surface area contributed by atoms with Crippen LogP contribution in [0.2, 0.25) is 0 Å². The number of halogens is 2. The second-order valence-corrected chi connectivity index (χ2v) is 5.62. The van der Waals surface area contributed by atoms with Gasteiger partial charge in [-0.05, 0) is 31.3 Å². The van der Waals surface area contributed by atoms with Crippen molar-refractivity contribution in [1.29, 1.82) is 0 Å². The van der Waals surface area contributed by atoms with Crippen LogP contribution in [0, 0.1) is 11.6 Å². The van der Waals surface area contributed by atoms with Crippen LogP contribution < -0.4 is 5.32 Å². The third-order valence-electron chi connectivity index (χ3n) is 3.89. The van der Waals surface area contributed by atoms with E-state index < -0.39 is 11.6 Å². The topological polar surface area (TPSA) is 61.4 Å². The number of carbonyl (C=O) groups is 1. The lowest BCUT2D eigenvalue weighted by Crippen LogP contribution is -2.47. The molecule has 1 fully saturated rings. The summed E-state index contributed by atoms with van der Waals surface area (Å²) in [5, 5.41) is 10.2. The molecule has 1 amide bonds. The summed E-state index contributed by atoms with van der Waals surface area (Å²) in [4.78, 5) is 16.2. The minimum Gasteiger partial charge on any atom is -0.335 e. The SMILES string of the molecule is CN1CCN(C(=O)c2ccc(Nc3c(F)cccc3F)nn2)CC1. The Hall–Kier alpha value is -2.61. The van der Waals surface area contributed by atoms with Crippen molar-refractivity contribution < 1.29 is 13.6 Å². The first kappa shape index (κ1) is 16.3. The molecule has 126 valence electrons. The van der Waals surface area contributed by atoms with Crippen molar-refractivity contribution in [2.24, 2.45) is 0 Å². The van der Waals surface area contributed by atoms with Gasteiger partial charge in [0.1, 0.15) is 17.3 Å². The van der Waals surface area contributed by atoms with E-state index in [1.807, 2.05) is 7.05 Å². The number of aromatic nitrogens is 2. The van der Waals surface area contributed by atoms with Crippen LogP contribution in [0.5, 0.6) is 0 Å². The van der Waals surface area contributed by atoms with Crippen LogP contribution in [0.4, 0.5) is 20.3 Å². The van der Waals surface area contributed by atoms with Crippen molar-refractivity contribution in [2.45, 2.75) is 0 Å². The molecule has 2 aromatic rings. The maximum Gasteiger partial charge on any atom is 0.274 e. The van der Waals surface area contributed by atoms with Crippen molar-refractivity contribution in [3.63, 3.8) is 0 Å². The first-order chi connectivity index (χ1) is 11.5. The first-order valence-corrected chi connectivity index (χ1v) is 7.57. The van der Waals surface area contributed by atoms with E-state index in [1.54, 1.807) is 4.90 Å². The summed E-state index contributed by atoms with van der Waals surface area (Å²) in [5.74, 6) is -1.49. The van der Waals surface area contributed by atoms with Crippen molar-refractivity contribution >= 4 is 17.4 Å². The van der Waals surface area contributed by atoms with Crippen LogP contribution in [0.3, 0.4) is 0 Å². The molecule has 1 aliphatic heterocycles. The molecule has 0 aliphatic carbocycles. The standard InChI is InChI=1S/C16H17F2N5O/c1-22-7-9-23(10-8-22)16(24)13-5-6-14(21-20-13)19-15-11(17)3-2-4-12(15)18/h2-6H,7-10H2,1H3,(H,19,21). The number of carbonyl (C=O) groups excluding carboxylic acids is 1. The zero-order valence-corrected chi connectivity index (χ0v) is 13.2. The molecule has 0 spiro atoms. The predicted octanol–water partition coefficient (Wildman–Crippen LogP) is 1.89. The van der Waals surface area contributed by atoms with Crippen LogP contribution in [0.25, 0.3) is 0 Å². The van der Waals surface area contributed by atoms with E-state index in [0.29, 0.717) is 13.1 Å². The van der Waals surface area contributed by atoms with Gasteiger partial charge in [-0.2, -0.15) is 0 Å². The van der Waals surface area contributed by atoms with Crippen LogP contribution in [0.1, 0.15) is 10.5 Å². The molecule has 0 unspecified atom stereocenters. The lowest BCUT2D eigenvalue weighted by atomic mass is 10.2. The Balaban J connectivity index is 1.70. The monoisotopic (exact) mass is 333 g/mol. The van der Waals surface area contributed by atoms with Crippen LogP contribution in [0.15, 0.2) is 30.3 Å². The summed E-state index contributed by atoms with van der Waals surface area (Å²) in [6.45, 7) is 2.89. The lowest BCUT2D eigenvalue weighted by molar-refractivity contribution is 0.0657. The summed E-state index contributed by atoms with van der Waals surface area (Å²) >= 11 is 0. The zero-order chi connectivity index (χ0) is 17.1. The summed E-state index contributed by atoms with van der Waals surface area (Å²) in [6, 6.07) is 6.53. The molecule has 1 aromatic heterocycles. The summed E-state index contributed by atoms with van der Waals surface area (Å²) < 4.78 is 27.2. The fourth-order valence-corrected chi connectivity index (χ4v) is 2.43. The molecule has 2 heterocycles. The smallest absolute Gasteiger partial charge is 0.274 e. The quantitative estimate of drug-likeness (QED) is 0.929. The number of nitrogens with zero attached hydrogens (tertiary/aromatic N) is 4. The van der Waals surface area contributed by atoms with Gasteiger partial charge in [0.05, 0.1) is 0 Å². The zero-order valence-electron chi connectivity index (χ0n) is 13.2. The lowest BCUT2D eigenvalue weighted by Gasteiger charge is -2.32. The molecular weight excluding hydrogens is 316 g/mol. The second kappa shape index (κ2) is 6.88. The number of benzene rings is 1. The van der Waals surface area contributed by atoms with Gasteiger partial charge in [-0.3, -0.25) is 4.79 Å². The Kier molecular flexibility index (Phi) is 4.66. The van der Waals surface area contributed by atoms with Crippen molar-refractivity contribution in [2.75, 3.05) is 38.5 Å². The number of rotatable bonds is 3. The fraction of sp³-hybridized carbons (Fsp3) is 0.312. The molecule has 1 aromatic carbocycles. The van der Waals surface area contributed by atoms with Gasteiger partial charge >= 0.3 is 0 Å². The number of piperazine rings is 1. The number of amides is 1. The Labute approximate surface area is 138 Å². The van der Waals surface area contributed by atoms with E-state index in [0.717, 1.165) is 25.2 Å². The Morgan fingerprint density at radius 1 is 1.04 bits per heavy atom. The molecule has 0 radical (unpaired) electrons. The molecule has 3 rings (SSSR count). The Bertz CT molecular complexity index is 709. The number of para-hydroxylation sites is 1. The van der Waals surface area contributed by atoms with Crippen molar-refractivity contribution in [1.82, 2.24) is 20.0 Å². The third-order valence-corrected chi connectivity index (χ3v) is 3.89. The predicted molar refractivity (Wildman–Crippen MR) is 85.1 cm³/mol. The largest absolute Gasteiger partial charge is 0.335 e. The van der Waals surface area contributed by atoms with E-state index in [2.05, 4.69) is 20.4 Å². The highest BCUT2D eigenvalue weighted by atomic mass is 19.1. The van der Waals surface area contributed by atoms with E-state index in [9.17, 15) is 13.6 Å². The maximum absolute atomic E-state index is 13.6. The number of hydrogen-bond donors (Lipinski definition) is 1. The molecule has 1 N–H and O–H groups in total. The summed E-state index contributed by atoms with van der Waals surface area (Å²) in [6.07, 6.45) is 0. The molecule has 8 heteroatoms. The van der Waals surface area contributed by atoms with Crippen LogP contribution >= 0.6 is 0 Å². The molecule has 0 bridgehead atoms. The van der Waals surface area contributed by atoms with E-state index in [1.165, 1.54) is 18.2 Å². The number of likely N-dealkylation sites (N-methyl/N-ethyl adjacent to an activating group) is 1. The molecular formula is C16H17F2N5O. The molecule has 1 saturated heterocycles. The van der Waals surface area contributed by atoms with E-state index in [-0.39, 0.29) is 23.1 Å². The average Bonchev–Trinajstić information content (AvgIpc) is 2.59. The average molecular weight is 333 g/mol. The Morgan fingerprint density at radius 3 is 2.29 bits per heavy atom. The van der Waals surface area contributed by atoms with Gasteiger partial charge in [0.25, 0.3) is 5.91 Å². The van der Waals surface area contributed by atoms with Gasteiger partial charge in [0, 0.05) is 26.2 Å².